The summed E-state index contributed by atoms with van der Waals surface area (Å²) in [5, 5.41) is 3.43. The van der Waals surface area contributed by atoms with Crippen LogP contribution in [0, 0.1) is 0 Å². The summed E-state index contributed by atoms with van der Waals surface area (Å²) in [6, 6.07) is 4.17. The first-order valence-electron chi connectivity index (χ1n) is 9.92. The van der Waals surface area contributed by atoms with Crippen LogP contribution < -0.4 is 5.32 Å². The number of guanidine groups is 1. The van der Waals surface area contributed by atoms with Crippen LogP contribution in [0.3, 0.4) is 0 Å². The average Bonchev–Trinajstić information content (AvgIpc) is 3.02. The summed E-state index contributed by atoms with van der Waals surface area (Å²) >= 11 is 0. The fraction of sp³-hybridized carbons (Fsp3) is 0.700. The van der Waals surface area contributed by atoms with E-state index in [1.165, 1.54) is 5.69 Å². The summed E-state index contributed by atoms with van der Waals surface area (Å²) in [5.41, 5.74) is 0.795. The van der Waals surface area contributed by atoms with Crippen molar-refractivity contribution in [1.82, 2.24) is 24.6 Å². The van der Waals surface area contributed by atoms with Crippen molar-refractivity contribution >= 4 is 12.1 Å². The molecule has 8 nitrogen and oxygen atoms in total. The molecule has 1 aromatic heterocycles. The minimum atomic E-state index is -0.445. The van der Waals surface area contributed by atoms with Gasteiger partial charge in [0, 0.05) is 72.3 Å². The van der Waals surface area contributed by atoms with Crippen molar-refractivity contribution in [3.63, 3.8) is 0 Å². The van der Waals surface area contributed by atoms with Crippen LogP contribution in [0.1, 0.15) is 26.5 Å². The second kappa shape index (κ2) is 9.82. The first-order chi connectivity index (χ1) is 13.2. The van der Waals surface area contributed by atoms with Crippen molar-refractivity contribution in [2.24, 2.45) is 12.0 Å². The van der Waals surface area contributed by atoms with Crippen molar-refractivity contribution in [2.75, 3.05) is 53.4 Å². The lowest BCUT2D eigenvalue weighted by molar-refractivity contribution is 0.0147. The Bertz CT molecular complexity index is 656. The summed E-state index contributed by atoms with van der Waals surface area (Å²) in [5.74, 6) is 0.883. The van der Waals surface area contributed by atoms with Gasteiger partial charge in [-0.25, -0.2) is 4.79 Å². The van der Waals surface area contributed by atoms with Gasteiger partial charge in [-0.15, -0.1) is 0 Å². The van der Waals surface area contributed by atoms with E-state index in [4.69, 9.17) is 4.74 Å². The van der Waals surface area contributed by atoms with E-state index >= 15 is 0 Å². The number of hydrogen-bond acceptors (Lipinski definition) is 4. The highest BCUT2D eigenvalue weighted by Crippen LogP contribution is 2.11. The average molecular weight is 393 g/mol. The standard InChI is InChI=1S/C20H36N6O2/c1-20(2,3)28-19(27)26-14-12-25(13-15-26)11-9-22-18(21-4)24(6)16-17-8-7-10-23(17)5/h7-8,10H,9,11-16H2,1-6H3,(H,21,22). The Morgan fingerprint density at radius 1 is 1.29 bits per heavy atom. The predicted molar refractivity (Wildman–Crippen MR) is 112 cm³/mol. The maximum Gasteiger partial charge on any atom is 0.410 e. The van der Waals surface area contributed by atoms with E-state index in [2.05, 4.69) is 50.1 Å². The first-order valence-corrected chi connectivity index (χ1v) is 9.92. The van der Waals surface area contributed by atoms with Gasteiger partial charge in [0.1, 0.15) is 5.60 Å². The molecule has 0 aromatic carbocycles. The molecule has 0 radical (unpaired) electrons. The number of ether oxygens (including phenoxy) is 1. The monoisotopic (exact) mass is 392 g/mol. The third-order valence-electron chi connectivity index (χ3n) is 4.76. The van der Waals surface area contributed by atoms with E-state index in [9.17, 15) is 4.79 Å². The molecular formula is C20H36N6O2. The van der Waals surface area contributed by atoms with Crippen molar-refractivity contribution < 1.29 is 9.53 Å². The van der Waals surface area contributed by atoms with E-state index in [0.717, 1.165) is 38.7 Å². The van der Waals surface area contributed by atoms with Gasteiger partial charge in [0.15, 0.2) is 5.96 Å². The number of hydrogen-bond donors (Lipinski definition) is 1. The molecule has 0 saturated carbocycles. The maximum absolute atomic E-state index is 12.1. The molecule has 0 spiro atoms. The van der Waals surface area contributed by atoms with Gasteiger partial charge in [-0.05, 0) is 32.9 Å². The SMILES string of the molecule is CN=C(NCCN1CCN(C(=O)OC(C)(C)C)CC1)N(C)Cc1cccn1C. The topological polar surface area (TPSA) is 65.3 Å². The van der Waals surface area contributed by atoms with E-state index in [1.807, 2.05) is 34.9 Å². The summed E-state index contributed by atoms with van der Waals surface area (Å²) in [4.78, 5) is 22.8. The number of rotatable bonds is 5. The first kappa shape index (κ1) is 22.1. The predicted octanol–water partition coefficient (Wildman–Crippen LogP) is 1.59. The number of nitrogens with zero attached hydrogens (tertiary/aromatic N) is 5. The lowest BCUT2D eigenvalue weighted by Gasteiger charge is -2.35. The van der Waals surface area contributed by atoms with Gasteiger partial charge >= 0.3 is 6.09 Å². The zero-order chi connectivity index (χ0) is 20.7. The molecule has 28 heavy (non-hydrogen) atoms. The molecular weight excluding hydrogens is 356 g/mol. The zero-order valence-electron chi connectivity index (χ0n) is 18.2. The Balaban J connectivity index is 1.70. The smallest absolute Gasteiger partial charge is 0.410 e. The van der Waals surface area contributed by atoms with Crippen LogP contribution in [0.2, 0.25) is 0 Å². The van der Waals surface area contributed by atoms with Crippen molar-refractivity contribution in [1.29, 1.82) is 0 Å². The maximum atomic E-state index is 12.1. The summed E-state index contributed by atoms with van der Waals surface area (Å²) in [6.07, 6.45) is 1.84. The number of carbonyl (C=O) groups is 1. The molecule has 0 aliphatic carbocycles. The van der Waals surface area contributed by atoms with Crippen molar-refractivity contribution in [3.05, 3.63) is 24.0 Å². The Morgan fingerprint density at radius 3 is 2.50 bits per heavy atom. The molecule has 2 rings (SSSR count). The van der Waals surface area contributed by atoms with Gasteiger partial charge in [0.2, 0.25) is 0 Å². The van der Waals surface area contributed by atoms with Crippen molar-refractivity contribution in [2.45, 2.75) is 32.9 Å². The molecule has 1 aliphatic heterocycles. The molecule has 0 bridgehead atoms. The van der Waals surface area contributed by atoms with Crippen molar-refractivity contribution in [3.8, 4) is 0 Å². The number of nitrogens with one attached hydrogen (secondary N) is 1. The number of carbonyl (C=O) groups excluding carboxylic acids is 1. The molecule has 0 unspecified atom stereocenters. The number of amides is 1. The Hall–Kier alpha value is -2.22. The molecule has 0 atom stereocenters. The Kier molecular flexibility index (Phi) is 7.74. The molecule has 1 aliphatic rings. The molecule has 158 valence electrons. The Morgan fingerprint density at radius 2 is 1.96 bits per heavy atom. The molecule has 1 saturated heterocycles. The van der Waals surface area contributed by atoms with E-state index in [1.54, 1.807) is 4.90 Å². The molecule has 1 aromatic rings. The molecule has 1 N–H and O–H groups in total. The number of aryl methyl sites for hydroxylation is 1. The largest absolute Gasteiger partial charge is 0.444 e. The number of aromatic nitrogens is 1. The highest BCUT2D eigenvalue weighted by atomic mass is 16.6. The van der Waals surface area contributed by atoms with Crippen LogP contribution in [-0.2, 0) is 18.3 Å². The van der Waals surface area contributed by atoms with Crippen LogP contribution in [-0.4, -0.2) is 90.3 Å². The van der Waals surface area contributed by atoms with E-state index < -0.39 is 5.60 Å². The number of aliphatic imine (C=N–C) groups is 1. The second-order valence-corrected chi connectivity index (χ2v) is 8.25. The highest BCUT2D eigenvalue weighted by molar-refractivity contribution is 5.79. The fourth-order valence-electron chi connectivity index (χ4n) is 3.17. The lowest BCUT2D eigenvalue weighted by Crippen LogP contribution is -2.51. The van der Waals surface area contributed by atoms with Crippen LogP contribution in [0.15, 0.2) is 23.3 Å². The molecule has 1 fully saturated rings. The lowest BCUT2D eigenvalue weighted by atomic mass is 10.2. The molecule has 8 heteroatoms. The number of piperazine rings is 1. The third-order valence-corrected chi connectivity index (χ3v) is 4.76. The normalized spacial score (nSPS) is 16.2. The highest BCUT2D eigenvalue weighted by Gasteiger charge is 2.25. The van der Waals surface area contributed by atoms with Gasteiger partial charge in [-0.2, -0.15) is 0 Å². The van der Waals surface area contributed by atoms with Crippen LogP contribution in [0.5, 0.6) is 0 Å². The molecule has 2 heterocycles. The van der Waals surface area contributed by atoms with Crippen LogP contribution >= 0.6 is 0 Å². The van der Waals surface area contributed by atoms with Gasteiger partial charge in [-0.1, -0.05) is 0 Å². The van der Waals surface area contributed by atoms with Gasteiger partial charge < -0.3 is 24.4 Å². The van der Waals surface area contributed by atoms with Crippen LogP contribution in [0.4, 0.5) is 4.79 Å². The third kappa shape index (κ3) is 6.74. The van der Waals surface area contributed by atoms with Crippen LogP contribution in [0.25, 0.3) is 0 Å². The van der Waals surface area contributed by atoms with E-state index in [-0.39, 0.29) is 6.09 Å². The summed E-state index contributed by atoms with van der Waals surface area (Å²) in [7, 11) is 5.90. The minimum absolute atomic E-state index is 0.215. The van der Waals surface area contributed by atoms with Gasteiger partial charge in [0.25, 0.3) is 0 Å². The summed E-state index contributed by atoms with van der Waals surface area (Å²) < 4.78 is 7.57. The Labute approximate surface area is 169 Å². The van der Waals surface area contributed by atoms with E-state index in [0.29, 0.717) is 13.1 Å². The molecule has 1 amide bonds. The fourth-order valence-corrected chi connectivity index (χ4v) is 3.17. The van der Waals surface area contributed by atoms with Gasteiger partial charge in [-0.3, -0.25) is 9.89 Å². The second-order valence-electron chi connectivity index (χ2n) is 8.25. The minimum Gasteiger partial charge on any atom is -0.444 e. The summed E-state index contributed by atoms with van der Waals surface area (Å²) in [6.45, 7) is 11.4. The van der Waals surface area contributed by atoms with Gasteiger partial charge in [0.05, 0.1) is 6.54 Å². The quantitative estimate of drug-likeness (QED) is 0.609. The zero-order valence-corrected chi connectivity index (χ0v) is 18.2.